The fraction of sp³-hybridized carbons (Fsp3) is 0.278. The van der Waals surface area contributed by atoms with Crippen molar-refractivity contribution in [1.29, 1.82) is 0 Å². The minimum Gasteiger partial charge on any atom is -0.495 e. The Morgan fingerprint density at radius 1 is 1.15 bits per heavy atom. The first-order chi connectivity index (χ1) is 12.3. The summed E-state index contributed by atoms with van der Waals surface area (Å²) in [7, 11) is -2.24. The number of ether oxygens (including phenoxy) is 1. The van der Waals surface area contributed by atoms with E-state index in [2.05, 4.69) is 5.32 Å². The van der Waals surface area contributed by atoms with Gasteiger partial charge in [0.1, 0.15) is 18.1 Å². The summed E-state index contributed by atoms with van der Waals surface area (Å²) in [5, 5.41) is 2.68. The van der Waals surface area contributed by atoms with Crippen LogP contribution in [0.5, 0.6) is 5.75 Å². The molecule has 1 N–H and O–H groups in total. The molecule has 2 aromatic rings. The molecule has 6 nitrogen and oxygen atoms in total. The van der Waals surface area contributed by atoms with E-state index in [0.29, 0.717) is 24.4 Å². The summed E-state index contributed by atoms with van der Waals surface area (Å²) in [5.41, 5.74) is 1.17. The van der Waals surface area contributed by atoms with Gasteiger partial charge >= 0.3 is 0 Å². The zero-order valence-electron chi connectivity index (χ0n) is 14.6. The van der Waals surface area contributed by atoms with Crippen LogP contribution < -0.4 is 14.4 Å². The fourth-order valence-electron chi connectivity index (χ4n) is 2.40. The van der Waals surface area contributed by atoms with Gasteiger partial charge < -0.3 is 10.1 Å². The second-order valence-electron chi connectivity index (χ2n) is 5.67. The average molecular weight is 380 g/mol. The highest BCUT2D eigenvalue weighted by atomic mass is 32.2. The van der Waals surface area contributed by atoms with Crippen molar-refractivity contribution in [2.24, 2.45) is 0 Å². The van der Waals surface area contributed by atoms with Crippen LogP contribution in [0.2, 0.25) is 0 Å². The summed E-state index contributed by atoms with van der Waals surface area (Å²) in [5.74, 6) is -0.404. The van der Waals surface area contributed by atoms with Gasteiger partial charge in [0, 0.05) is 6.54 Å². The number of carbonyl (C=O) groups is 1. The van der Waals surface area contributed by atoms with Crippen molar-refractivity contribution < 1.29 is 22.3 Å². The van der Waals surface area contributed by atoms with Gasteiger partial charge in [0.05, 0.1) is 19.1 Å². The number of rotatable bonds is 8. The Labute approximate surface area is 152 Å². The third-order valence-corrected chi connectivity index (χ3v) is 4.82. The molecule has 0 aliphatic heterocycles. The van der Waals surface area contributed by atoms with Crippen molar-refractivity contribution in [2.75, 3.05) is 30.8 Å². The molecule has 0 saturated heterocycles. The highest BCUT2D eigenvalue weighted by Crippen LogP contribution is 2.29. The van der Waals surface area contributed by atoms with Gasteiger partial charge in [0.25, 0.3) is 0 Å². The smallest absolute Gasteiger partial charge is 0.240 e. The van der Waals surface area contributed by atoms with Crippen molar-refractivity contribution >= 4 is 21.6 Å². The van der Waals surface area contributed by atoms with Crippen molar-refractivity contribution in [2.45, 2.75) is 6.42 Å². The molecule has 0 saturated carbocycles. The van der Waals surface area contributed by atoms with Crippen molar-refractivity contribution in [3.63, 3.8) is 0 Å². The maximum absolute atomic E-state index is 12.9. The molecule has 140 valence electrons. The minimum atomic E-state index is -3.68. The van der Waals surface area contributed by atoms with Gasteiger partial charge in [-0.3, -0.25) is 9.10 Å². The summed E-state index contributed by atoms with van der Waals surface area (Å²) in [6, 6.07) is 12.6. The molecule has 0 radical (unpaired) electrons. The second kappa shape index (κ2) is 8.66. The lowest BCUT2D eigenvalue weighted by atomic mass is 10.1. The predicted molar refractivity (Wildman–Crippen MR) is 98.3 cm³/mol. The number of methoxy groups -OCH3 is 1. The van der Waals surface area contributed by atoms with Crippen LogP contribution in [0.15, 0.2) is 48.5 Å². The molecule has 2 aromatic carbocycles. The number of nitrogens with zero attached hydrogens (tertiary/aromatic N) is 1. The molecule has 0 aliphatic rings. The molecule has 0 heterocycles. The van der Waals surface area contributed by atoms with E-state index in [4.69, 9.17) is 4.74 Å². The van der Waals surface area contributed by atoms with Gasteiger partial charge in [-0.15, -0.1) is 0 Å². The van der Waals surface area contributed by atoms with Crippen LogP contribution in [0, 0.1) is 5.82 Å². The third-order valence-electron chi connectivity index (χ3n) is 3.69. The van der Waals surface area contributed by atoms with E-state index < -0.39 is 15.9 Å². The monoisotopic (exact) mass is 380 g/mol. The van der Waals surface area contributed by atoms with Gasteiger partial charge in [-0.05, 0) is 36.2 Å². The van der Waals surface area contributed by atoms with Crippen molar-refractivity contribution in [1.82, 2.24) is 5.32 Å². The SMILES string of the molecule is COc1ccccc1N(CC(=O)NCCc1ccc(F)cc1)S(C)(=O)=O. The normalized spacial score (nSPS) is 11.0. The lowest BCUT2D eigenvalue weighted by Crippen LogP contribution is -2.41. The van der Waals surface area contributed by atoms with E-state index in [1.807, 2.05) is 0 Å². The number of nitrogens with one attached hydrogen (secondary N) is 1. The number of anilines is 1. The zero-order chi connectivity index (χ0) is 19.2. The number of para-hydroxylation sites is 2. The topological polar surface area (TPSA) is 75.7 Å². The lowest BCUT2D eigenvalue weighted by Gasteiger charge is -2.23. The van der Waals surface area contributed by atoms with Crippen LogP contribution in [-0.2, 0) is 21.2 Å². The summed E-state index contributed by atoms with van der Waals surface area (Å²) >= 11 is 0. The minimum absolute atomic E-state index is 0.297. The molecule has 0 aliphatic carbocycles. The molecule has 0 spiro atoms. The van der Waals surface area contributed by atoms with Crippen LogP contribution in [0.4, 0.5) is 10.1 Å². The van der Waals surface area contributed by atoms with Gasteiger partial charge in [-0.25, -0.2) is 12.8 Å². The van der Waals surface area contributed by atoms with Crippen LogP contribution >= 0.6 is 0 Å². The maximum Gasteiger partial charge on any atom is 0.240 e. The first-order valence-corrected chi connectivity index (χ1v) is 9.78. The Balaban J connectivity index is 2.02. The largest absolute Gasteiger partial charge is 0.495 e. The molecule has 0 bridgehead atoms. The Morgan fingerprint density at radius 2 is 1.81 bits per heavy atom. The Morgan fingerprint density at radius 3 is 2.42 bits per heavy atom. The van der Waals surface area contributed by atoms with Crippen LogP contribution in [0.25, 0.3) is 0 Å². The fourth-order valence-corrected chi connectivity index (χ4v) is 3.26. The molecular weight excluding hydrogens is 359 g/mol. The molecule has 0 atom stereocenters. The summed E-state index contributed by atoms with van der Waals surface area (Å²) in [6.45, 7) is -0.0450. The van der Waals surface area contributed by atoms with Gasteiger partial charge in [-0.1, -0.05) is 24.3 Å². The van der Waals surface area contributed by atoms with E-state index in [1.54, 1.807) is 36.4 Å². The molecule has 26 heavy (non-hydrogen) atoms. The zero-order valence-corrected chi connectivity index (χ0v) is 15.4. The Hall–Kier alpha value is -2.61. The van der Waals surface area contributed by atoms with Crippen LogP contribution in [-0.4, -0.2) is 40.8 Å². The molecule has 1 amide bonds. The van der Waals surface area contributed by atoms with E-state index in [1.165, 1.54) is 19.2 Å². The van der Waals surface area contributed by atoms with Gasteiger partial charge in [0.15, 0.2) is 0 Å². The van der Waals surface area contributed by atoms with E-state index in [9.17, 15) is 17.6 Å². The van der Waals surface area contributed by atoms with Crippen LogP contribution in [0.3, 0.4) is 0 Å². The van der Waals surface area contributed by atoms with E-state index >= 15 is 0 Å². The molecule has 0 unspecified atom stereocenters. The lowest BCUT2D eigenvalue weighted by molar-refractivity contribution is -0.119. The molecule has 8 heteroatoms. The number of carbonyl (C=O) groups excluding carboxylic acids is 1. The number of halogens is 1. The first-order valence-electron chi connectivity index (χ1n) is 7.93. The average Bonchev–Trinajstić information content (AvgIpc) is 2.60. The predicted octanol–water partition coefficient (Wildman–Crippen LogP) is 1.96. The number of hydrogen-bond donors (Lipinski definition) is 1. The van der Waals surface area contributed by atoms with Crippen LogP contribution in [0.1, 0.15) is 5.56 Å². The molecular formula is C18H21FN2O4S. The number of sulfonamides is 1. The van der Waals surface area contributed by atoms with E-state index in [0.717, 1.165) is 16.1 Å². The van der Waals surface area contributed by atoms with Gasteiger partial charge in [0.2, 0.25) is 15.9 Å². The first kappa shape index (κ1) is 19.7. The molecule has 2 rings (SSSR count). The Bertz CT molecular complexity index is 854. The quantitative estimate of drug-likeness (QED) is 0.760. The van der Waals surface area contributed by atoms with Crippen molar-refractivity contribution in [3.05, 3.63) is 59.9 Å². The summed E-state index contributed by atoms with van der Waals surface area (Å²) in [6.07, 6.45) is 1.55. The highest BCUT2D eigenvalue weighted by Gasteiger charge is 2.23. The Kier molecular flexibility index (Phi) is 6.57. The number of hydrogen-bond acceptors (Lipinski definition) is 4. The van der Waals surface area contributed by atoms with Gasteiger partial charge in [-0.2, -0.15) is 0 Å². The van der Waals surface area contributed by atoms with E-state index in [-0.39, 0.29) is 12.4 Å². The molecule has 0 aromatic heterocycles. The summed E-state index contributed by atoms with van der Waals surface area (Å²) < 4.78 is 43.3. The second-order valence-corrected chi connectivity index (χ2v) is 7.57. The van der Waals surface area contributed by atoms with Crippen molar-refractivity contribution in [3.8, 4) is 5.75 Å². The molecule has 0 fully saturated rings. The summed E-state index contributed by atoms with van der Waals surface area (Å²) in [4.78, 5) is 12.2. The highest BCUT2D eigenvalue weighted by molar-refractivity contribution is 7.92. The number of amides is 1. The number of benzene rings is 2. The third kappa shape index (κ3) is 5.45. The standard InChI is InChI=1S/C18H21FN2O4S/c1-25-17-6-4-3-5-16(17)21(26(2,23)24)13-18(22)20-12-11-14-7-9-15(19)10-8-14/h3-10H,11-13H2,1-2H3,(H,20,22). The maximum atomic E-state index is 12.9.